The van der Waals surface area contributed by atoms with E-state index in [0.717, 1.165) is 0 Å². The second-order valence-electron chi connectivity index (χ2n) is 6.21. The highest BCUT2D eigenvalue weighted by molar-refractivity contribution is 9.10. The molecule has 10 heteroatoms. The van der Waals surface area contributed by atoms with E-state index in [1.165, 1.54) is 13.3 Å². The fourth-order valence-electron chi connectivity index (χ4n) is 2.97. The lowest BCUT2D eigenvalue weighted by Crippen LogP contribution is -2.29. The molecule has 3 N–H and O–H groups in total. The maximum atomic E-state index is 11.9. The number of ether oxygens (including phenoxy) is 2. The zero-order valence-electron chi connectivity index (χ0n) is 15.0. The van der Waals surface area contributed by atoms with Crippen molar-refractivity contribution >= 4 is 39.3 Å². The van der Waals surface area contributed by atoms with Gasteiger partial charge in [0.25, 0.3) is 5.91 Å². The van der Waals surface area contributed by atoms with Crippen LogP contribution in [0.15, 0.2) is 28.9 Å². The quantitative estimate of drug-likeness (QED) is 0.671. The van der Waals surface area contributed by atoms with Crippen molar-refractivity contribution in [3.05, 3.63) is 40.0 Å². The standard InChI is InChI=1S/C18H18BrN5O4/c1-27-18(26)12-3-2-11(6-14(12)19)22-17-13(16(21)25)8-24(23-17)15-9-28-5-4-10(15)7-20/h2-3,6,8,10,15H,4-5,9H2,1H3,(H2,21,25)(H,22,23)/t10-,15+/m0/s1. The van der Waals surface area contributed by atoms with Crippen molar-refractivity contribution in [3.8, 4) is 6.07 Å². The first-order valence-corrected chi connectivity index (χ1v) is 9.25. The highest BCUT2D eigenvalue weighted by atomic mass is 79.9. The van der Waals surface area contributed by atoms with E-state index in [0.29, 0.717) is 35.4 Å². The second-order valence-corrected chi connectivity index (χ2v) is 7.07. The first-order valence-electron chi connectivity index (χ1n) is 8.45. The number of anilines is 2. The maximum absolute atomic E-state index is 11.9. The van der Waals surface area contributed by atoms with Crippen molar-refractivity contribution < 1.29 is 19.1 Å². The Kier molecular flexibility index (Phi) is 5.96. The molecule has 0 aliphatic carbocycles. The highest BCUT2D eigenvalue weighted by Gasteiger charge is 2.29. The third kappa shape index (κ3) is 4.00. The van der Waals surface area contributed by atoms with Crippen molar-refractivity contribution in [3.63, 3.8) is 0 Å². The van der Waals surface area contributed by atoms with E-state index >= 15 is 0 Å². The molecule has 1 aromatic carbocycles. The lowest BCUT2D eigenvalue weighted by Gasteiger charge is -2.26. The van der Waals surface area contributed by atoms with E-state index in [2.05, 4.69) is 32.4 Å². The van der Waals surface area contributed by atoms with Crippen LogP contribution in [0.25, 0.3) is 0 Å². The Labute approximate surface area is 169 Å². The molecule has 0 saturated carbocycles. The molecule has 1 aliphatic heterocycles. The molecule has 0 unspecified atom stereocenters. The molecule has 0 spiro atoms. The zero-order valence-corrected chi connectivity index (χ0v) is 16.6. The number of benzene rings is 1. The van der Waals surface area contributed by atoms with Crippen molar-refractivity contribution in [1.29, 1.82) is 5.26 Å². The van der Waals surface area contributed by atoms with Gasteiger partial charge in [-0.05, 0) is 40.5 Å². The van der Waals surface area contributed by atoms with Gasteiger partial charge >= 0.3 is 5.97 Å². The summed E-state index contributed by atoms with van der Waals surface area (Å²) >= 11 is 3.32. The van der Waals surface area contributed by atoms with Crippen molar-refractivity contribution in [2.75, 3.05) is 25.6 Å². The Morgan fingerprint density at radius 3 is 2.89 bits per heavy atom. The molecular formula is C18H18BrN5O4. The van der Waals surface area contributed by atoms with Gasteiger partial charge in [-0.1, -0.05) is 0 Å². The molecule has 1 aliphatic rings. The minimum atomic E-state index is -0.649. The number of nitrogens with zero attached hydrogens (tertiary/aromatic N) is 3. The highest BCUT2D eigenvalue weighted by Crippen LogP contribution is 2.29. The van der Waals surface area contributed by atoms with Crippen LogP contribution in [0.1, 0.15) is 33.2 Å². The molecule has 9 nitrogen and oxygen atoms in total. The van der Waals surface area contributed by atoms with Gasteiger partial charge in [-0.2, -0.15) is 10.4 Å². The minimum Gasteiger partial charge on any atom is -0.465 e. The number of rotatable bonds is 5. The van der Waals surface area contributed by atoms with Gasteiger partial charge in [0.2, 0.25) is 0 Å². The van der Waals surface area contributed by atoms with E-state index in [1.54, 1.807) is 22.9 Å². The summed E-state index contributed by atoms with van der Waals surface area (Å²) < 4.78 is 12.2. The number of aromatic nitrogens is 2. The number of methoxy groups -OCH3 is 1. The number of nitrogens with two attached hydrogens (primary N) is 1. The molecule has 1 saturated heterocycles. The Morgan fingerprint density at radius 1 is 1.46 bits per heavy atom. The minimum absolute atomic E-state index is 0.190. The summed E-state index contributed by atoms with van der Waals surface area (Å²) in [5, 5.41) is 16.8. The predicted molar refractivity (Wildman–Crippen MR) is 103 cm³/mol. The third-order valence-electron chi connectivity index (χ3n) is 4.47. The van der Waals surface area contributed by atoms with Gasteiger partial charge < -0.3 is 20.5 Å². The Bertz CT molecular complexity index is 952. The van der Waals surface area contributed by atoms with Crippen LogP contribution in [0.3, 0.4) is 0 Å². The SMILES string of the molecule is COC(=O)c1ccc(Nc2nn([C@@H]3COCC[C@H]3C#N)cc2C(N)=O)cc1Br. The molecule has 2 heterocycles. The number of carbonyl (C=O) groups excluding carboxylic acids is 2. The molecule has 0 radical (unpaired) electrons. The van der Waals surface area contributed by atoms with Crippen LogP contribution in [0.4, 0.5) is 11.5 Å². The lowest BCUT2D eigenvalue weighted by atomic mass is 9.97. The fraction of sp³-hybridized carbons (Fsp3) is 0.333. The first kappa shape index (κ1) is 19.9. The normalized spacial score (nSPS) is 18.9. The number of hydrogen-bond acceptors (Lipinski definition) is 7. The average molecular weight is 448 g/mol. The van der Waals surface area contributed by atoms with Gasteiger partial charge in [-0.3, -0.25) is 9.48 Å². The smallest absolute Gasteiger partial charge is 0.339 e. The van der Waals surface area contributed by atoms with Crippen LogP contribution in [0.2, 0.25) is 0 Å². The molecule has 1 amide bonds. The number of hydrogen-bond donors (Lipinski definition) is 2. The second kappa shape index (κ2) is 8.41. The van der Waals surface area contributed by atoms with E-state index in [9.17, 15) is 14.9 Å². The van der Waals surface area contributed by atoms with Gasteiger partial charge in [0.05, 0.1) is 37.3 Å². The van der Waals surface area contributed by atoms with Crippen molar-refractivity contribution in [2.24, 2.45) is 11.7 Å². The van der Waals surface area contributed by atoms with E-state index in [-0.39, 0.29) is 23.3 Å². The summed E-state index contributed by atoms with van der Waals surface area (Å²) in [6, 6.07) is 6.86. The predicted octanol–water partition coefficient (Wildman–Crippen LogP) is 2.38. The number of nitriles is 1. The Hall–Kier alpha value is -2.90. The number of esters is 1. The van der Waals surface area contributed by atoms with Gasteiger partial charge in [0.1, 0.15) is 5.56 Å². The van der Waals surface area contributed by atoms with E-state index in [1.807, 2.05) is 0 Å². The molecule has 1 aromatic heterocycles. The molecule has 3 rings (SSSR count). The summed E-state index contributed by atoms with van der Waals surface area (Å²) in [4.78, 5) is 23.6. The molecule has 0 bridgehead atoms. The molecule has 28 heavy (non-hydrogen) atoms. The molecule has 2 aromatic rings. The Balaban J connectivity index is 1.91. The van der Waals surface area contributed by atoms with Crippen LogP contribution in [-0.2, 0) is 9.47 Å². The molecule has 1 fully saturated rings. The van der Waals surface area contributed by atoms with Crippen molar-refractivity contribution in [1.82, 2.24) is 9.78 Å². The van der Waals surface area contributed by atoms with Gasteiger partial charge in [0.15, 0.2) is 5.82 Å². The van der Waals surface area contributed by atoms with Gasteiger partial charge in [0, 0.05) is 23.0 Å². The monoisotopic (exact) mass is 447 g/mol. The number of primary amides is 1. The Morgan fingerprint density at radius 2 is 2.25 bits per heavy atom. The molecular weight excluding hydrogens is 430 g/mol. The average Bonchev–Trinajstić information content (AvgIpc) is 3.11. The molecule has 2 atom stereocenters. The number of carbonyl (C=O) groups is 2. The summed E-state index contributed by atoms with van der Waals surface area (Å²) in [6.45, 7) is 0.848. The zero-order chi connectivity index (χ0) is 20.3. The van der Waals surface area contributed by atoms with Crippen LogP contribution in [0, 0.1) is 17.2 Å². The summed E-state index contributed by atoms with van der Waals surface area (Å²) in [5.74, 6) is -1.13. The van der Waals surface area contributed by atoms with E-state index in [4.69, 9.17) is 15.2 Å². The number of amides is 1. The third-order valence-corrected chi connectivity index (χ3v) is 5.12. The summed E-state index contributed by atoms with van der Waals surface area (Å²) in [5.41, 5.74) is 6.63. The van der Waals surface area contributed by atoms with Crippen LogP contribution >= 0.6 is 15.9 Å². The van der Waals surface area contributed by atoms with Gasteiger partial charge in [-0.25, -0.2) is 4.79 Å². The molecule has 146 valence electrons. The lowest BCUT2D eigenvalue weighted by molar-refractivity contribution is 0.0342. The van der Waals surface area contributed by atoms with Crippen LogP contribution in [0.5, 0.6) is 0 Å². The summed E-state index contributed by atoms with van der Waals surface area (Å²) in [7, 11) is 1.30. The van der Waals surface area contributed by atoms with Crippen LogP contribution in [-0.4, -0.2) is 42.0 Å². The maximum Gasteiger partial charge on any atom is 0.339 e. The topological polar surface area (TPSA) is 132 Å². The summed E-state index contributed by atoms with van der Waals surface area (Å²) in [6.07, 6.45) is 2.11. The number of nitrogens with one attached hydrogen (secondary N) is 1. The van der Waals surface area contributed by atoms with Gasteiger partial charge in [-0.15, -0.1) is 0 Å². The van der Waals surface area contributed by atoms with Crippen LogP contribution < -0.4 is 11.1 Å². The largest absolute Gasteiger partial charge is 0.465 e. The first-order chi connectivity index (χ1) is 13.4. The number of halogens is 1. The fourth-order valence-corrected chi connectivity index (χ4v) is 3.51. The van der Waals surface area contributed by atoms with E-state index < -0.39 is 11.9 Å². The van der Waals surface area contributed by atoms with Crippen molar-refractivity contribution in [2.45, 2.75) is 12.5 Å².